The number of rotatable bonds is 4. The van der Waals surface area contributed by atoms with Crippen LogP contribution in [0.3, 0.4) is 0 Å². The molecular formula is C16H21F2NO. The van der Waals surface area contributed by atoms with Gasteiger partial charge in [0.05, 0.1) is 6.10 Å². The van der Waals surface area contributed by atoms with Crippen LogP contribution in [0.5, 0.6) is 0 Å². The minimum Gasteiger partial charge on any atom is -0.378 e. The lowest BCUT2D eigenvalue weighted by molar-refractivity contribution is -0.114. The zero-order valence-electron chi connectivity index (χ0n) is 11.8. The minimum absolute atomic E-state index is 0.0127. The Balaban J connectivity index is 1.78. The lowest BCUT2D eigenvalue weighted by atomic mass is 9.60. The standard InChI is InChI=1S/C16H21F2NO/c1-2-20-14-10-13(16(14)8-3-4-9-16)19-15-11(17)6-5-7-12(15)18/h5-7,13-14,19H,2-4,8-10H2,1H3. The predicted molar refractivity (Wildman–Crippen MR) is 74.7 cm³/mol. The Labute approximate surface area is 118 Å². The van der Waals surface area contributed by atoms with Crippen molar-refractivity contribution in [1.29, 1.82) is 0 Å². The van der Waals surface area contributed by atoms with Crippen molar-refractivity contribution in [1.82, 2.24) is 0 Å². The van der Waals surface area contributed by atoms with E-state index in [1.54, 1.807) is 0 Å². The van der Waals surface area contributed by atoms with Crippen LogP contribution in [-0.2, 0) is 4.74 Å². The second-order valence-electron chi connectivity index (χ2n) is 5.91. The molecule has 0 heterocycles. The predicted octanol–water partition coefficient (Wildman–Crippen LogP) is 4.11. The van der Waals surface area contributed by atoms with Crippen molar-refractivity contribution in [2.24, 2.45) is 5.41 Å². The molecule has 2 unspecified atom stereocenters. The van der Waals surface area contributed by atoms with Crippen LogP contribution < -0.4 is 5.32 Å². The van der Waals surface area contributed by atoms with Gasteiger partial charge in [-0.3, -0.25) is 0 Å². The molecule has 1 aromatic rings. The summed E-state index contributed by atoms with van der Waals surface area (Å²) >= 11 is 0. The third kappa shape index (κ3) is 2.10. The van der Waals surface area contributed by atoms with Crippen molar-refractivity contribution >= 4 is 5.69 Å². The first-order chi connectivity index (χ1) is 9.67. The molecule has 1 aromatic carbocycles. The summed E-state index contributed by atoms with van der Waals surface area (Å²) in [6, 6.07) is 4.11. The summed E-state index contributed by atoms with van der Waals surface area (Å²) in [6.07, 6.45) is 5.61. The van der Waals surface area contributed by atoms with E-state index in [9.17, 15) is 8.78 Å². The van der Waals surface area contributed by atoms with E-state index in [-0.39, 0.29) is 23.2 Å². The lowest BCUT2D eigenvalue weighted by Gasteiger charge is -2.54. The normalized spacial score (nSPS) is 27.6. The first-order valence-corrected chi connectivity index (χ1v) is 7.49. The fourth-order valence-corrected chi connectivity index (χ4v) is 3.90. The second kappa shape index (κ2) is 5.32. The SMILES string of the molecule is CCOC1CC(Nc2c(F)cccc2F)C12CCCC2. The fraction of sp³-hybridized carbons (Fsp3) is 0.625. The molecule has 1 N–H and O–H groups in total. The molecule has 2 aliphatic carbocycles. The van der Waals surface area contributed by atoms with Gasteiger partial charge in [-0.1, -0.05) is 18.9 Å². The van der Waals surface area contributed by atoms with Crippen LogP contribution in [0.15, 0.2) is 18.2 Å². The molecule has 0 aromatic heterocycles. The first kappa shape index (κ1) is 13.8. The summed E-state index contributed by atoms with van der Waals surface area (Å²) in [7, 11) is 0. The highest BCUT2D eigenvalue weighted by atomic mass is 19.1. The Bertz CT molecular complexity index is 465. The Morgan fingerprint density at radius 2 is 1.90 bits per heavy atom. The van der Waals surface area contributed by atoms with E-state index in [1.807, 2.05) is 6.92 Å². The number of halogens is 2. The molecule has 2 saturated carbocycles. The van der Waals surface area contributed by atoms with E-state index >= 15 is 0 Å². The van der Waals surface area contributed by atoms with E-state index in [0.717, 1.165) is 19.3 Å². The van der Waals surface area contributed by atoms with E-state index < -0.39 is 11.6 Å². The monoisotopic (exact) mass is 281 g/mol. The van der Waals surface area contributed by atoms with Gasteiger partial charge in [-0.2, -0.15) is 0 Å². The summed E-state index contributed by atoms with van der Waals surface area (Å²) in [5.74, 6) is -1.03. The van der Waals surface area contributed by atoms with E-state index in [4.69, 9.17) is 4.74 Å². The Morgan fingerprint density at radius 1 is 1.25 bits per heavy atom. The molecule has 4 heteroatoms. The molecular weight excluding hydrogens is 260 g/mol. The Hall–Kier alpha value is -1.16. The fourth-order valence-electron chi connectivity index (χ4n) is 3.90. The summed E-state index contributed by atoms with van der Waals surface area (Å²) in [5, 5.41) is 3.11. The highest BCUT2D eigenvalue weighted by Gasteiger charge is 2.56. The van der Waals surface area contributed by atoms with Gasteiger partial charge in [-0.05, 0) is 38.3 Å². The number of hydrogen-bond acceptors (Lipinski definition) is 2. The van der Waals surface area contributed by atoms with Crippen LogP contribution in [0.25, 0.3) is 0 Å². The third-order valence-corrected chi connectivity index (χ3v) is 4.97. The van der Waals surface area contributed by atoms with Gasteiger partial charge in [0.25, 0.3) is 0 Å². The van der Waals surface area contributed by atoms with Crippen molar-refractivity contribution < 1.29 is 13.5 Å². The quantitative estimate of drug-likeness (QED) is 0.896. The average Bonchev–Trinajstić information content (AvgIpc) is 2.93. The van der Waals surface area contributed by atoms with Crippen LogP contribution in [-0.4, -0.2) is 18.8 Å². The van der Waals surface area contributed by atoms with Gasteiger partial charge in [-0.25, -0.2) is 8.78 Å². The molecule has 0 aliphatic heterocycles. The highest BCUT2D eigenvalue weighted by molar-refractivity contribution is 5.48. The van der Waals surface area contributed by atoms with Gasteiger partial charge >= 0.3 is 0 Å². The van der Waals surface area contributed by atoms with Gasteiger partial charge in [0.15, 0.2) is 0 Å². The Kier molecular flexibility index (Phi) is 3.67. The van der Waals surface area contributed by atoms with E-state index in [2.05, 4.69) is 5.32 Å². The van der Waals surface area contributed by atoms with Gasteiger partial charge in [0.2, 0.25) is 0 Å². The molecule has 110 valence electrons. The maximum atomic E-state index is 13.8. The lowest BCUT2D eigenvalue weighted by Crippen LogP contribution is -2.60. The number of ether oxygens (including phenoxy) is 1. The molecule has 20 heavy (non-hydrogen) atoms. The zero-order valence-corrected chi connectivity index (χ0v) is 11.8. The number of nitrogens with one attached hydrogen (secondary N) is 1. The van der Waals surface area contributed by atoms with E-state index in [1.165, 1.54) is 31.0 Å². The van der Waals surface area contributed by atoms with Crippen LogP contribution in [0.1, 0.15) is 39.0 Å². The molecule has 1 spiro atoms. The van der Waals surface area contributed by atoms with Crippen molar-refractivity contribution in [2.45, 2.75) is 51.2 Å². The number of anilines is 1. The van der Waals surface area contributed by atoms with Gasteiger partial charge in [0.1, 0.15) is 17.3 Å². The molecule has 2 nitrogen and oxygen atoms in total. The average molecular weight is 281 g/mol. The highest BCUT2D eigenvalue weighted by Crippen LogP contribution is 2.55. The van der Waals surface area contributed by atoms with Crippen molar-refractivity contribution in [3.05, 3.63) is 29.8 Å². The zero-order chi connectivity index (χ0) is 14.2. The molecule has 2 fully saturated rings. The molecule has 0 amide bonds. The summed E-state index contributed by atoms with van der Waals surface area (Å²) < 4.78 is 33.3. The molecule has 0 bridgehead atoms. The summed E-state index contributed by atoms with van der Waals surface area (Å²) in [5.41, 5.74) is 0.0868. The molecule has 0 saturated heterocycles. The number of benzene rings is 1. The first-order valence-electron chi connectivity index (χ1n) is 7.49. The smallest absolute Gasteiger partial charge is 0.149 e. The largest absolute Gasteiger partial charge is 0.378 e. The summed E-state index contributed by atoms with van der Waals surface area (Å²) in [4.78, 5) is 0. The number of hydrogen-bond donors (Lipinski definition) is 1. The Morgan fingerprint density at radius 3 is 2.50 bits per heavy atom. The number of para-hydroxylation sites is 1. The van der Waals surface area contributed by atoms with Crippen LogP contribution in [0.2, 0.25) is 0 Å². The van der Waals surface area contributed by atoms with Gasteiger partial charge in [0, 0.05) is 18.1 Å². The topological polar surface area (TPSA) is 21.3 Å². The van der Waals surface area contributed by atoms with Crippen LogP contribution in [0.4, 0.5) is 14.5 Å². The minimum atomic E-state index is -0.516. The van der Waals surface area contributed by atoms with Crippen LogP contribution in [0, 0.1) is 17.0 Å². The van der Waals surface area contributed by atoms with E-state index in [0.29, 0.717) is 6.61 Å². The van der Waals surface area contributed by atoms with Gasteiger partial charge in [-0.15, -0.1) is 0 Å². The molecule has 2 aliphatic rings. The van der Waals surface area contributed by atoms with Crippen molar-refractivity contribution in [3.8, 4) is 0 Å². The summed E-state index contributed by atoms with van der Waals surface area (Å²) in [6.45, 7) is 2.70. The molecule has 0 radical (unpaired) electrons. The van der Waals surface area contributed by atoms with Crippen molar-refractivity contribution in [2.75, 3.05) is 11.9 Å². The molecule has 2 atom stereocenters. The molecule has 3 rings (SSSR count). The van der Waals surface area contributed by atoms with Crippen molar-refractivity contribution in [3.63, 3.8) is 0 Å². The van der Waals surface area contributed by atoms with Crippen LogP contribution >= 0.6 is 0 Å². The van der Waals surface area contributed by atoms with Gasteiger partial charge < -0.3 is 10.1 Å². The maximum absolute atomic E-state index is 13.8. The third-order valence-electron chi connectivity index (χ3n) is 4.97. The second-order valence-corrected chi connectivity index (χ2v) is 5.91. The maximum Gasteiger partial charge on any atom is 0.149 e.